The van der Waals surface area contributed by atoms with Crippen LogP contribution in [0.2, 0.25) is 0 Å². The van der Waals surface area contributed by atoms with Crippen LogP contribution >= 0.6 is 0 Å². The van der Waals surface area contributed by atoms with Gasteiger partial charge < -0.3 is 0 Å². The molecule has 0 aliphatic heterocycles. The molecule has 0 N–H and O–H groups in total. The molecule has 0 bridgehead atoms. The molecule has 0 spiro atoms. The fourth-order valence-electron chi connectivity index (χ4n) is 1.56. The first-order valence-electron chi connectivity index (χ1n) is 5.37. The summed E-state index contributed by atoms with van der Waals surface area (Å²) in [6.45, 7) is 0. The first kappa shape index (κ1) is 14.6. The van der Waals surface area contributed by atoms with Crippen molar-refractivity contribution >= 4 is 10.8 Å². The molecule has 0 heterocycles. The van der Waals surface area contributed by atoms with Crippen molar-refractivity contribution in [1.82, 2.24) is 0 Å². The number of benzene rings is 2. The summed E-state index contributed by atoms with van der Waals surface area (Å²) < 4.78 is 77.6. The van der Waals surface area contributed by atoms with Gasteiger partial charge in [0, 0.05) is 10.5 Å². The first-order valence-corrected chi connectivity index (χ1v) is 6.69. The van der Waals surface area contributed by atoms with Gasteiger partial charge >= 0.3 is 0 Å². The molecule has 0 amide bonds. The van der Waals surface area contributed by atoms with Crippen molar-refractivity contribution in [2.75, 3.05) is 0 Å². The minimum Gasteiger partial charge on any atom is -0.254 e. The second-order valence-corrected chi connectivity index (χ2v) is 5.30. The van der Waals surface area contributed by atoms with Crippen molar-refractivity contribution in [2.24, 2.45) is 0 Å². The zero-order valence-corrected chi connectivity index (χ0v) is 10.6. The number of hydrogen-bond acceptors (Lipinski definition) is 1. The van der Waals surface area contributed by atoms with Crippen molar-refractivity contribution in [3.63, 3.8) is 0 Å². The second kappa shape index (κ2) is 5.70. The summed E-state index contributed by atoms with van der Waals surface area (Å²) in [5.41, 5.74) is -1.08. The van der Waals surface area contributed by atoms with Gasteiger partial charge in [0.25, 0.3) is 0 Å². The normalized spacial score (nSPS) is 12.4. The largest absolute Gasteiger partial charge is 0.254 e. The van der Waals surface area contributed by atoms with Crippen LogP contribution in [-0.4, -0.2) is 4.21 Å². The second-order valence-electron chi connectivity index (χ2n) is 3.85. The average molecular weight is 306 g/mol. The fourth-order valence-corrected chi connectivity index (χ4v) is 2.71. The van der Waals surface area contributed by atoms with Crippen LogP contribution in [-0.2, 0) is 16.6 Å². The molecule has 0 aromatic heterocycles. The summed E-state index contributed by atoms with van der Waals surface area (Å²) >= 11 is 0. The van der Waals surface area contributed by atoms with Crippen LogP contribution < -0.4 is 0 Å². The van der Waals surface area contributed by atoms with Gasteiger partial charge in [-0.3, -0.25) is 4.21 Å². The van der Waals surface area contributed by atoms with Crippen LogP contribution in [0.15, 0.2) is 35.2 Å². The lowest BCUT2D eigenvalue weighted by atomic mass is 10.2. The van der Waals surface area contributed by atoms with Gasteiger partial charge in [-0.2, -0.15) is 0 Å². The Morgan fingerprint density at radius 1 is 0.750 bits per heavy atom. The van der Waals surface area contributed by atoms with E-state index >= 15 is 0 Å². The lowest BCUT2D eigenvalue weighted by molar-refractivity contribution is 0.372. The molecular formula is C13H7F5OS. The molecule has 1 unspecified atom stereocenters. The van der Waals surface area contributed by atoms with Crippen molar-refractivity contribution < 1.29 is 26.2 Å². The Kier molecular flexibility index (Phi) is 4.17. The quantitative estimate of drug-likeness (QED) is 0.480. The van der Waals surface area contributed by atoms with Crippen LogP contribution in [0.25, 0.3) is 0 Å². The van der Waals surface area contributed by atoms with Crippen molar-refractivity contribution in [1.29, 1.82) is 0 Å². The molecule has 0 saturated heterocycles. The molecule has 2 aromatic rings. The average Bonchev–Trinajstić information content (AvgIpc) is 2.48. The van der Waals surface area contributed by atoms with E-state index in [1.807, 2.05) is 0 Å². The Hall–Kier alpha value is -1.76. The number of rotatable bonds is 3. The summed E-state index contributed by atoms with van der Waals surface area (Å²) in [7, 11) is -1.91. The lowest BCUT2D eigenvalue weighted by Crippen LogP contribution is -2.09. The summed E-state index contributed by atoms with van der Waals surface area (Å²) in [5.74, 6) is -11.0. The third kappa shape index (κ3) is 2.58. The molecular weight excluding hydrogens is 299 g/mol. The van der Waals surface area contributed by atoms with E-state index in [-0.39, 0.29) is 4.90 Å². The van der Waals surface area contributed by atoms with E-state index in [2.05, 4.69) is 0 Å². The summed E-state index contributed by atoms with van der Waals surface area (Å²) in [6.07, 6.45) is 0. The van der Waals surface area contributed by atoms with Crippen LogP contribution in [0.1, 0.15) is 5.56 Å². The first-order chi connectivity index (χ1) is 9.43. The van der Waals surface area contributed by atoms with E-state index in [1.165, 1.54) is 12.1 Å². The van der Waals surface area contributed by atoms with Crippen molar-refractivity contribution in [2.45, 2.75) is 10.6 Å². The Labute approximate surface area is 113 Å². The van der Waals surface area contributed by atoms with E-state index in [0.29, 0.717) is 0 Å². The fraction of sp³-hybridized carbons (Fsp3) is 0.0769. The monoisotopic (exact) mass is 306 g/mol. The van der Waals surface area contributed by atoms with E-state index in [1.54, 1.807) is 18.2 Å². The van der Waals surface area contributed by atoms with Crippen LogP contribution in [0.5, 0.6) is 0 Å². The standard InChI is InChI=1S/C13H7F5OS/c14-9-8(10(15)12(17)13(18)11(9)16)6-20(19)7-4-2-1-3-5-7/h1-5H,6H2. The molecule has 0 aliphatic carbocycles. The Morgan fingerprint density at radius 2 is 1.20 bits per heavy atom. The molecule has 20 heavy (non-hydrogen) atoms. The Morgan fingerprint density at radius 3 is 1.70 bits per heavy atom. The minimum atomic E-state index is -2.23. The van der Waals surface area contributed by atoms with Gasteiger partial charge in [-0.1, -0.05) is 18.2 Å². The molecule has 0 aliphatic rings. The van der Waals surface area contributed by atoms with E-state index in [0.717, 1.165) is 0 Å². The zero-order valence-electron chi connectivity index (χ0n) is 9.80. The van der Waals surface area contributed by atoms with Gasteiger partial charge in [-0.05, 0) is 12.1 Å². The summed E-state index contributed by atoms with van der Waals surface area (Å²) in [5, 5.41) is 0. The molecule has 0 radical (unpaired) electrons. The van der Waals surface area contributed by atoms with E-state index in [4.69, 9.17) is 0 Å². The Bertz CT molecular complexity index is 643. The molecule has 0 fully saturated rings. The summed E-state index contributed by atoms with van der Waals surface area (Å²) in [4.78, 5) is 0.233. The molecule has 0 saturated carbocycles. The highest BCUT2D eigenvalue weighted by molar-refractivity contribution is 7.84. The predicted molar refractivity (Wildman–Crippen MR) is 62.8 cm³/mol. The van der Waals surface area contributed by atoms with Gasteiger partial charge in [-0.25, -0.2) is 22.0 Å². The molecule has 106 valence electrons. The maximum Gasteiger partial charge on any atom is 0.200 e. The van der Waals surface area contributed by atoms with Crippen molar-refractivity contribution in [3.8, 4) is 0 Å². The third-order valence-electron chi connectivity index (χ3n) is 2.58. The molecule has 7 heteroatoms. The predicted octanol–water partition coefficient (Wildman–Crippen LogP) is 3.69. The van der Waals surface area contributed by atoms with Gasteiger partial charge in [-0.15, -0.1) is 0 Å². The van der Waals surface area contributed by atoms with Crippen LogP contribution in [0.4, 0.5) is 22.0 Å². The van der Waals surface area contributed by atoms with Gasteiger partial charge in [0.05, 0.1) is 16.6 Å². The van der Waals surface area contributed by atoms with Gasteiger partial charge in [0.1, 0.15) is 0 Å². The van der Waals surface area contributed by atoms with Crippen LogP contribution in [0.3, 0.4) is 0 Å². The minimum absolute atomic E-state index is 0.233. The highest BCUT2D eigenvalue weighted by Crippen LogP contribution is 2.25. The molecule has 2 rings (SSSR count). The van der Waals surface area contributed by atoms with Gasteiger partial charge in [0.15, 0.2) is 23.3 Å². The summed E-state index contributed by atoms with van der Waals surface area (Å²) in [6, 6.07) is 7.60. The van der Waals surface area contributed by atoms with Crippen LogP contribution in [0, 0.1) is 29.1 Å². The Balaban J connectivity index is 2.43. The molecule has 2 aromatic carbocycles. The van der Waals surface area contributed by atoms with Gasteiger partial charge in [0.2, 0.25) is 5.82 Å². The SMILES string of the molecule is O=S(Cc1c(F)c(F)c(F)c(F)c1F)c1ccccc1. The smallest absolute Gasteiger partial charge is 0.200 e. The van der Waals surface area contributed by atoms with E-state index < -0.39 is 51.2 Å². The van der Waals surface area contributed by atoms with Crippen molar-refractivity contribution in [3.05, 3.63) is 65.0 Å². The maximum absolute atomic E-state index is 13.4. The number of halogens is 5. The number of hydrogen-bond donors (Lipinski definition) is 0. The van der Waals surface area contributed by atoms with E-state index in [9.17, 15) is 26.2 Å². The molecule has 1 atom stereocenters. The lowest BCUT2D eigenvalue weighted by Gasteiger charge is -2.08. The highest BCUT2D eigenvalue weighted by Gasteiger charge is 2.26. The molecule has 1 nitrogen and oxygen atoms in total. The maximum atomic E-state index is 13.4. The topological polar surface area (TPSA) is 17.1 Å². The zero-order chi connectivity index (χ0) is 14.9. The third-order valence-corrected chi connectivity index (χ3v) is 3.93. The highest BCUT2D eigenvalue weighted by atomic mass is 32.2.